The van der Waals surface area contributed by atoms with Gasteiger partial charge in [-0.05, 0) is 44.0 Å². The maximum Gasteiger partial charge on any atom is 0.228 e. The Labute approximate surface area is 143 Å². The number of piperidine rings is 1. The highest BCUT2D eigenvalue weighted by Crippen LogP contribution is 2.20. The standard InChI is InChI=1S/C20H24N2O2/c1-16-7-9-19(10-8-16)24-15-17-5-4-12-22(14-17)20(23)13-18-6-2-3-11-21-18/h2-3,6-11,17H,4-5,12-15H2,1H3/t17-/m1/s1. The first-order valence-electron chi connectivity index (χ1n) is 8.58. The van der Waals surface area contributed by atoms with Gasteiger partial charge in [-0.3, -0.25) is 9.78 Å². The third kappa shape index (κ3) is 4.57. The Balaban J connectivity index is 1.50. The predicted octanol–water partition coefficient (Wildman–Crippen LogP) is 3.25. The Hall–Kier alpha value is -2.36. The van der Waals surface area contributed by atoms with Crippen molar-refractivity contribution in [1.82, 2.24) is 9.88 Å². The zero-order valence-corrected chi connectivity index (χ0v) is 14.1. The minimum atomic E-state index is 0.161. The summed E-state index contributed by atoms with van der Waals surface area (Å²) in [6.45, 7) is 4.34. The number of likely N-dealkylation sites (tertiary alicyclic amines) is 1. The summed E-state index contributed by atoms with van der Waals surface area (Å²) in [5.74, 6) is 1.46. The topological polar surface area (TPSA) is 42.4 Å². The van der Waals surface area contributed by atoms with Gasteiger partial charge in [0.2, 0.25) is 5.91 Å². The summed E-state index contributed by atoms with van der Waals surface area (Å²) >= 11 is 0. The molecule has 3 rings (SSSR count). The van der Waals surface area contributed by atoms with E-state index >= 15 is 0 Å². The van der Waals surface area contributed by atoms with Crippen molar-refractivity contribution >= 4 is 5.91 Å². The van der Waals surface area contributed by atoms with Crippen molar-refractivity contribution < 1.29 is 9.53 Å². The molecule has 4 nitrogen and oxygen atoms in total. The Morgan fingerprint density at radius 1 is 1.25 bits per heavy atom. The fourth-order valence-corrected chi connectivity index (χ4v) is 3.05. The van der Waals surface area contributed by atoms with Gasteiger partial charge in [-0.15, -0.1) is 0 Å². The van der Waals surface area contributed by atoms with Crippen LogP contribution in [0.15, 0.2) is 48.7 Å². The second kappa shape index (κ2) is 7.95. The van der Waals surface area contributed by atoms with Crippen molar-refractivity contribution in [3.05, 3.63) is 59.9 Å². The first kappa shape index (κ1) is 16.5. The molecule has 1 aliphatic rings. The molecule has 0 bridgehead atoms. The van der Waals surface area contributed by atoms with Crippen LogP contribution >= 0.6 is 0 Å². The molecule has 0 radical (unpaired) electrons. The monoisotopic (exact) mass is 324 g/mol. The average Bonchev–Trinajstić information content (AvgIpc) is 2.62. The van der Waals surface area contributed by atoms with Crippen molar-refractivity contribution in [3.63, 3.8) is 0 Å². The molecule has 1 atom stereocenters. The van der Waals surface area contributed by atoms with E-state index in [9.17, 15) is 4.79 Å². The molecular weight excluding hydrogens is 300 g/mol. The van der Waals surface area contributed by atoms with Crippen molar-refractivity contribution in [1.29, 1.82) is 0 Å². The van der Waals surface area contributed by atoms with Crippen LogP contribution in [0.25, 0.3) is 0 Å². The number of carbonyl (C=O) groups is 1. The summed E-state index contributed by atoms with van der Waals surface area (Å²) in [7, 11) is 0. The normalized spacial score (nSPS) is 17.5. The lowest BCUT2D eigenvalue weighted by atomic mass is 9.98. The van der Waals surface area contributed by atoms with Gasteiger partial charge < -0.3 is 9.64 Å². The molecule has 0 spiro atoms. The molecule has 1 aromatic heterocycles. The number of aryl methyl sites for hydroxylation is 1. The van der Waals surface area contributed by atoms with Crippen molar-refractivity contribution in [2.45, 2.75) is 26.2 Å². The van der Waals surface area contributed by atoms with Crippen LogP contribution in [0, 0.1) is 12.8 Å². The third-order valence-corrected chi connectivity index (χ3v) is 4.44. The first-order chi connectivity index (χ1) is 11.7. The second-order valence-electron chi connectivity index (χ2n) is 6.47. The van der Waals surface area contributed by atoms with Crippen LogP contribution in [0.2, 0.25) is 0 Å². The maximum atomic E-state index is 12.5. The number of hydrogen-bond donors (Lipinski definition) is 0. The zero-order chi connectivity index (χ0) is 16.8. The maximum absolute atomic E-state index is 12.5. The summed E-state index contributed by atoms with van der Waals surface area (Å²) < 4.78 is 5.90. The van der Waals surface area contributed by atoms with Crippen molar-refractivity contribution in [2.24, 2.45) is 5.92 Å². The largest absolute Gasteiger partial charge is 0.493 e. The number of benzene rings is 1. The smallest absolute Gasteiger partial charge is 0.228 e. The highest BCUT2D eigenvalue weighted by Gasteiger charge is 2.24. The summed E-state index contributed by atoms with van der Waals surface area (Å²) in [6.07, 6.45) is 4.26. The summed E-state index contributed by atoms with van der Waals surface area (Å²) in [4.78, 5) is 18.7. The molecule has 0 aliphatic carbocycles. The molecule has 24 heavy (non-hydrogen) atoms. The lowest BCUT2D eigenvalue weighted by molar-refractivity contribution is -0.132. The molecule has 0 unspecified atom stereocenters. The van der Waals surface area contributed by atoms with Crippen LogP contribution in [0.5, 0.6) is 5.75 Å². The predicted molar refractivity (Wildman–Crippen MR) is 93.9 cm³/mol. The van der Waals surface area contributed by atoms with Crippen molar-refractivity contribution in [2.75, 3.05) is 19.7 Å². The Kier molecular flexibility index (Phi) is 5.47. The summed E-state index contributed by atoms with van der Waals surface area (Å²) in [5, 5.41) is 0. The van der Waals surface area contributed by atoms with Crippen molar-refractivity contribution in [3.8, 4) is 5.75 Å². The molecule has 2 aromatic rings. The van der Waals surface area contributed by atoms with Gasteiger partial charge in [-0.25, -0.2) is 0 Å². The first-order valence-corrected chi connectivity index (χ1v) is 8.58. The lowest BCUT2D eigenvalue weighted by Crippen LogP contribution is -2.42. The number of pyridine rings is 1. The zero-order valence-electron chi connectivity index (χ0n) is 14.1. The molecule has 0 N–H and O–H groups in total. The molecule has 1 fully saturated rings. The van der Waals surface area contributed by atoms with E-state index in [0.29, 0.717) is 18.9 Å². The molecule has 1 aromatic carbocycles. The molecule has 0 saturated carbocycles. The number of amides is 1. The molecule has 4 heteroatoms. The minimum absolute atomic E-state index is 0.161. The minimum Gasteiger partial charge on any atom is -0.493 e. The van der Waals surface area contributed by atoms with Crippen LogP contribution in [-0.4, -0.2) is 35.5 Å². The summed E-state index contributed by atoms with van der Waals surface area (Å²) in [6, 6.07) is 13.8. The van der Waals surface area contributed by atoms with Gasteiger partial charge in [0.05, 0.1) is 13.0 Å². The lowest BCUT2D eigenvalue weighted by Gasteiger charge is -2.32. The highest BCUT2D eigenvalue weighted by atomic mass is 16.5. The summed E-state index contributed by atoms with van der Waals surface area (Å²) in [5.41, 5.74) is 2.06. The van der Waals surface area contributed by atoms with Gasteiger partial charge in [0.25, 0.3) is 0 Å². The van der Waals surface area contributed by atoms with E-state index in [4.69, 9.17) is 4.74 Å². The van der Waals surface area contributed by atoms with Gasteiger partial charge in [0, 0.05) is 30.9 Å². The fourth-order valence-electron chi connectivity index (χ4n) is 3.05. The number of carbonyl (C=O) groups excluding carboxylic acids is 1. The van der Waals surface area contributed by atoms with E-state index in [0.717, 1.165) is 37.4 Å². The van der Waals surface area contributed by atoms with Gasteiger partial charge in [-0.1, -0.05) is 23.8 Å². The van der Waals surface area contributed by atoms with Crippen LogP contribution < -0.4 is 4.74 Å². The fraction of sp³-hybridized carbons (Fsp3) is 0.400. The molecule has 1 amide bonds. The molecule has 126 valence electrons. The Bertz CT molecular complexity index is 655. The molecular formula is C20H24N2O2. The SMILES string of the molecule is Cc1ccc(OC[C@@H]2CCCN(C(=O)Cc3ccccn3)C2)cc1. The molecule has 1 aliphatic heterocycles. The van der Waals surface area contributed by atoms with Gasteiger partial charge in [0.15, 0.2) is 0 Å². The number of hydrogen-bond acceptors (Lipinski definition) is 3. The number of ether oxygens (including phenoxy) is 1. The van der Waals surface area contributed by atoms with Crippen LogP contribution in [0.3, 0.4) is 0 Å². The molecule has 2 heterocycles. The van der Waals surface area contributed by atoms with E-state index in [-0.39, 0.29) is 5.91 Å². The van der Waals surface area contributed by atoms with Crippen LogP contribution in [0.4, 0.5) is 0 Å². The van der Waals surface area contributed by atoms with Gasteiger partial charge >= 0.3 is 0 Å². The van der Waals surface area contributed by atoms with Crippen LogP contribution in [-0.2, 0) is 11.2 Å². The van der Waals surface area contributed by atoms with E-state index < -0.39 is 0 Å². The van der Waals surface area contributed by atoms with Gasteiger partial charge in [0.1, 0.15) is 5.75 Å². The average molecular weight is 324 g/mol. The molecule has 1 saturated heterocycles. The highest BCUT2D eigenvalue weighted by molar-refractivity contribution is 5.78. The van der Waals surface area contributed by atoms with E-state index in [2.05, 4.69) is 24.0 Å². The number of aromatic nitrogens is 1. The van der Waals surface area contributed by atoms with E-state index in [1.54, 1.807) is 6.20 Å². The second-order valence-corrected chi connectivity index (χ2v) is 6.47. The van der Waals surface area contributed by atoms with Crippen LogP contribution in [0.1, 0.15) is 24.1 Å². The number of nitrogens with zero attached hydrogens (tertiary/aromatic N) is 2. The van der Waals surface area contributed by atoms with Gasteiger partial charge in [-0.2, -0.15) is 0 Å². The number of rotatable bonds is 5. The Morgan fingerprint density at radius 3 is 2.83 bits per heavy atom. The Morgan fingerprint density at radius 2 is 2.08 bits per heavy atom. The van der Waals surface area contributed by atoms with E-state index in [1.807, 2.05) is 35.2 Å². The third-order valence-electron chi connectivity index (χ3n) is 4.44. The quantitative estimate of drug-likeness (QED) is 0.848. The van der Waals surface area contributed by atoms with E-state index in [1.165, 1.54) is 5.56 Å².